The zero-order chi connectivity index (χ0) is 17.5. The molecule has 5 nitrogen and oxygen atoms in total. The number of hydrogen-bond donors (Lipinski definition) is 1. The molecule has 0 saturated carbocycles. The van der Waals surface area contributed by atoms with Gasteiger partial charge in [-0.3, -0.25) is 4.79 Å². The molecule has 0 aromatic heterocycles. The van der Waals surface area contributed by atoms with Crippen LogP contribution < -0.4 is 19.5 Å². The van der Waals surface area contributed by atoms with Crippen molar-refractivity contribution in [1.82, 2.24) is 5.32 Å². The van der Waals surface area contributed by atoms with Gasteiger partial charge in [0.1, 0.15) is 5.75 Å². The van der Waals surface area contributed by atoms with Crippen LogP contribution in [0.1, 0.15) is 5.56 Å². The van der Waals surface area contributed by atoms with Crippen LogP contribution in [-0.4, -0.2) is 26.7 Å². The van der Waals surface area contributed by atoms with E-state index >= 15 is 0 Å². The van der Waals surface area contributed by atoms with Crippen LogP contribution >= 0.6 is 23.2 Å². The minimum Gasteiger partial charge on any atom is -0.493 e. The lowest BCUT2D eigenvalue weighted by molar-refractivity contribution is -0.123. The Bertz CT molecular complexity index is 704. The highest BCUT2D eigenvalue weighted by atomic mass is 35.5. The fourth-order valence-electron chi connectivity index (χ4n) is 1.96. The number of carbonyl (C=O) groups excluding carboxylic acids is 1. The van der Waals surface area contributed by atoms with Crippen molar-refractivity contribution >= 4 is 29.1 Å². The van der Waals surface area contributed by atoms with Crippen molar-refractivity contribution in [3.05, 3.63) is 52.0 Å². The predicted molar refractivity (Wildman–Crippen MR) is 93.3 cm³/mol. The minimum absolute atomic E-state index is 0.105. The number of ether oxygens (including phenoxy) is 3. The van der Waals surface area contributed by atoms with Gasteiger partial charge in [-0.15, -0.1) is 0 Å². The number of amides is 1. The van der Waals surface area contributed by atoms with Gasteiger partial charge in [0.2, 0.25) is 0 Å². The third-order valence-corrected chi connectivity index (χ3v) is 3.82. The monoisotopic (exact) mass is 369 g/mol. The topological polar surface area (TPSA) is 56.8 Å². The Kier molecular flexibility index (Phi) is 6.58. The van der Waals surface area contributed by atoms with E-state index in [4.69, 9.17) is 37.4 Å². The second-order valence-corrected chi connectivity index (χ2v) is 5.66. The number of hydrogen-bond acceptors (Lipinski definition) is 4. The fourth-order valence-corrected chi connectivity index (χ4v) is 2.30. The molecule has 2 aromatic carbocycles. The highest BCUT2D eigenvalue weighted by Crippen LogP contribution is 2.32. The van der Waals surface area contributed by atoms with Gasteiger partial charge in [-0.25, -0.2) is 0 Å². The van der Waals surface area contributed by atoms with Crippen LogP contribution in [0.2, 0.25) is 10.0 Å². The highest BCUT2D eigenvalue weighted by molar-refractivity contribution is 6.31. The third kappa shape index (κ3) is 4.94. The Morgan fingerprint density at radius 1 is 1.04 bits per heavy atom. The Balaban J connectivity index is 1.90. The zero-order valence-corrected chi connectivity index (χ0v) is 14.8. The predicted octanol–water partition coefficient (Wildman–Crippen LogP) is 3.71. The normalized spacial score (nSPS) is 10.2. The fraction of sp³-hybridized carbons (Fsp3) is 0.235. The first kappa shape index (κ1) is 18.2. The van der Waals surface area contributed by atoms with Crippen molar-refractivity contribution in [2.75, 3.05) is 20.8 Å². The van der Waals surface area contributed by atoms with Gasteiger partial charge in [-0.05, 0) is 35.9 Å². The largest absolute Gasteiger partial charge is 0.493 e. The van der Waals surface area contributed by atoms with Crippen LogP contribution in [0.4, 0.5) is 0 Å². The third-order valence-electron chi connectivity index (χ3n) is 3.21. The molecule has 1 N–H and O–H groups in total. The van der Waals surface area contributed by atoms with E-state index in [-0.39, 0.29) is 19.1 Å². The molecule has 0 aliphatic carbocycles. The van der Waals surface area contributed by atoms with E-state index in [1.165, 1.54) is 14.2 Å². The summed E-state index contributed by atoms with van der Waals surface area (Å²) in [7, 11) is 3.07. The first-order chi connectivity index (χ1) is 11.5. The molecule has 0 fully saturated rings. The smallest absolute Gasteiger partial charge is 0.258 e. The van der Waals surface area contributed by atoms with Crippen molar-refractivity contribution in [1.29, 1.82) is 0 Å². The van der Waals surface area contributed by atoms with Crippen molar-refractivity contribution in [3.8, 4) is 17.2 Å². The van der Waals surface area contributed by atoms with E-state index in [0.717, 1.165) is 0 Å². The molecule has 0 unspecified atom stereocenters. The van der Waals surface area contributed by atoms with Crippen LogP contribution in [0.5, 0.6) is 17.2 Å². The van der Waals surface area contributed by atoms with Crippen LogP contribution in [-0.2, 0) is 11.3 Å². The Hall–Kier alpha value is -2.11. The maximum atomic E-state index is 11.9. The summed E-state index contributed by atoms with van der Waals surface area (Å²) in [6, 6.07) is 10.1. The van der Waals surface area contributed by atoms with Crippen molar-refractivity contribution in [2.24, 2.45) is 0 Å². The van der Waals surface area contributed by atoms with E-state index in [1.807, 2.05) is 0 Å². The number of halogens is 2. The maximum Gasteiger partial charge on any atom is 0.258 e. The molecular weight excluding hydrogens is 353 g/mol. The molecule has 0 radical (unpaired) electrons. The first-order valence-electron chi connectivity index (χ1n) is 7.09. The van der Waals surface area contributed by atoms with Gasteiger partial charge in [0, 0.05) is 22.7 Å². The number of rotatable bonds is 7. The molecule has 1 amide bonds. The second kappa shape index (κ2) is 8.66. The van der Waals surface area contributed by atoms with E-state index in [0.29, 0.717) is 32.9 Å². The van der Waals surface area contributed by atoms with Gasteiger partial charge in [-0.1, -0.05) is 23.2 Å². The van der Waals surface area contributed by atoms with Crippen LogP contribution in [0.3, 0.4) is 0 Å². The van der Waals surface area contributed by atoms with E-state index in [2.05, 4.69) is 5.32 Å². The Morgan fingerprint density at radius 3 is 2.29 bits per heavy atom. The molecule has 2 aromatic rings. The highest BCUT2D eigenvalue weighted by Gasteiger charge is 2.11. The van der Waals surface area contributed by atoms with Crippen molar-refractivity contribution in [3.63, 3.8) is 0 Å². The van der Waals surface area contributed by atoms with Gasteiger partial charge >= 0.3 is 0 Å². The summed E-state index contributed by atoms with van der Waals surface area (Å²) < 4.78 is 15.8. The molecular formula is C17H17Cl2NO4. The summed E-state index contributed by atoms with van der Waals surface area (Å²) in [6.45, 7) is 0.147. The lowest BCUT2D eigenvalue weighted by Crippen LogP contribution is -2.28. The van der Waals surface area contributed by atoms with E-state index in [1.54, 1.807) is 36.4 Å². The van der Waals surface area contributed by atoms with Crippen molar-refractivity contribution < 1.29 is 19.0 Å². The average Bonchev–Trinajstić information content (AvgIpc) is 2.59. The molecule has 128 valence electrons. The summed E-state index contributed by atoms with van der Waals surface area (Å²) in [5.74, 6) is 1.38. The summed E-state index contributed by atoms with van der Waals surface area (Å²) in [6.07, 6.45) is 0. The molecule has 7 heteroatoms. The molecule has 0 atom stereocenters. The number of benzene rings is 2. The standard InChI is InChI=1S/C17H17Cl2NO4/c1-22-15-7-11(14(19)8-16(15)23-2)9-20-17(21)10-24-13-5-3-12(18)4-6-13/h3-8H,9-10H2,1-2H3,(H,20,21). The van der Waals surface area contributed by atoms with Gasteiger partial charge in [0.05, 0.1) is 14.2 Å². The molecule has 2 rings (SSSR count). The molecule has 0 aliphatic rings. The Labute approximate surface area is 150 Å². The summed E-state index contributed by atoms with van der Waals surface area (Å²) in [5.41, 5.74) is 0.717. The number of nitrogens with one attached hydrogen (secondary N) is 1. The lowest BCUT2D eigenvalue weighted by Gasteiger charge is -2.12. The molecule has 0 heterocycles. The average molecular weight is 370 g/mol. The molecule has 0 spiro atoms. The molecule has 0 saturated heterocycles. The summed E-state index contributed by atoms with van der Waals surface area (Å²) in [4.78, 5) is 11.9. The van der Waals surface area contributed by atoms with Gasteiger partial charge in [-0.2, -0.15) is 0 Å². The van der Waals surface area contributed by atoms with Crippen LogP contribution in [0.25, 0.3) is 0 Å². The van der Waals surface area contributed by atoms with Crippen LogP contribution in [0.15, 0.2) is 36.4 Å². The van der Waals surface area contributed by atoms with E-state index in [9.17, 15) is 4.79 Å². The maximum absolute atomic E-state index is 11.9. The SMILES string of the molecule is COc1cc(Cl)c(CNC(=O)COc2ccc(Cl)cc2)cc1OC. The molecule has 0 bridgehead atoms. The number of methoxy groups -OCH3 is 2. The Morgan fingerprint density at radius 2 is 1.67 bits per heavy atom. The first-order valence-corrected chi connectivity index (χ1v) is 7.84. The zero-order valence-electron chi connectivity index (χ0n) is 13.3. The number of carbonyl (C=O) groups is 1. The molecule has 24 heavy (non-hydrogen) atoms. The van der Waals surface area contributed by atoms with Crippen LogP contribution in [0, 0.1) is 0 Å². The quantitative estimate of drug-likeness (QED) is 0.808. The molecule has 0 aliphatic heterocycles. The van der Waals surface area contributed by atoms with Gasteiger partial charge in [0.15, 0.2) is 18.1 Å². The second-order valence-electron chi connectivity index (χ2n) is 4.82. The van der Waals surface area contributed by atoms with Crippen molar-refractivity contribution in [2.45, 2.75) is 6.54 Å². The van der Waals surface area contributed by atoms with Gasteiger partial charge in [0.25, 0.3) is 5.91 Å². The summed E-state index contributed by atoms with van der Waals surface area (Å²) in [5, 5.41) is 3.82. The van der Waals surface area contributed by atoms with Gasteiger partial charge < -0.3 is 19.5 Å². The lowest BCUT2D eigenvalue weighted by atomic mass is 10.2. The minimum atomic E-state index is -0.268. The van der Waals surface area contributed by atoms with E-state index < -0.39 is 0 Å². The summed E-state index contributed by atoms with van der Waals surface area (Å²) >= 11 is 12.0.